The Balaban J connectivity index is 1.60. The van der Waals surface area contributed by atoms with Crippen molar-refractivity contribution >= 4 is 35.1 Å². The lowest BCUT2D eigenvalue weighted by Crippen LogP contribution is -2.37. The third-order valence-electron chi connectivity index (χ3n) is 3.76. The lowest BCUT2D eigenvalue weighted by Gasteiger charge is -2.30. The molecule has 2 heterocycles. The summed E-state index contributed by atoms with van der Waals surface area (Å²) >= 11 is 3.68. The Labute approximate surface area is 128 Å². The zero-order valence-electron chi connectivity index (χ0n) is 11.5. The number of benzene rings is 1. The number of piperidine rings is 1. The molecule has 1 saturated heterocycles. The zero-order valence-corrected chi connectivity index (χ0v) is 13.1. The second-order valence-corrected chi connectivity index (χ2v) is 7.55. The second-order valence-electron chi connectivity index (χ2n) is 5.12. The first-order valence-electron chi connectivity index (χ1n) is 7.19. The van der Waals surface area contributed by atoms with Crippen molar-refractivity contribution in [3.05, 3.63) is 24.3 Å². The maximum absolute atomic E-state index is 12.5. The number of nitrogens with zero attached hydrogens (tertiary/aromatic N) is 1. The van der Waals surface area contributed by atoms with Crippen LogP contribution in [0.15, 0.2) is 29.2 Å². The van der Waals surface area contributed by atoms with E-state index in [1.807, 2.05) is 40.6 Å². The Bertz CT molecular complexity index is 475. The fourth-order valence-electron chi connectivity index (χ4n) is 2.66. The van der Waals surface area contributed by atoms with Crippen LogP contribution >= 0.6 is 23.5 Å². The van der Waals surface area contributed by atoms with E-state index in [0.717, 1.165) is 31.1 Å². The third kappa shape index (κ3) is 3.32. The fraction of sp³-hybridized carbons (Fsp3) is 0.533. The van der Waals surface area contributed by atoms with Crippen LogP contribution < -0.4 is 10.2 Å². The number of carbonyl (C=O) groups is 1. The normalized spacial score (nSPS) is 19.7. The maximum atomic E-state index is 12.5. The van der Waals surface area contributed by atoms with E-state index in [2.05, 4.69) is 17.4 Å². The predicted molar refractivity (Wildman–Crippen MR) is 87.9 cm³/mol. The molecule has 0 spiro atoms. The van der Waals surface area contributed by atoms with Gasteiger partial charge < -0.3 is 10.2 Å². The molecule has 0 unspecified atom stereocenters. The molecular weight excluding hydrogens is 288 g/mol. The summed E-state index contributed by atoms with van der Waals surface area (Å²) in [5, 5.41) is 4.02. The van der Waals surface area contributed by atoms with E-state index in [-0.39, 0.29) is 5.91 Å². The third-order valence-corrected chi connectivity index (χ3v) is 6.16. The number of hydrogen-bond acceptors (Lipinski definition) is 4. The number of thioether (sulfide) groups is 2. The van der Waals surface area contributed by atoms with Gasteiger partial charge in [0.2, 0.25) is 5.91 Å². The number of rotatable bonds is 3. The van der Waals surface area contributed by atoms with Gasteiger partial charge in [-0.25, -0.2) is 0 Å². The van der Waals surface area contributed by atoms with Gasteiger partial charge in [0.25, 0.3) is 0 Å². The Hall–Kier alpha value is -0.650. The highest BCUT2D eigenvalue weighted by Gasteiger charge is 2.23. The average molecular weight is 308 g/mol. The number of hydrogen-bond donors (Lipinski definition) is 1. The largest absolute Gasteiger partial charge is 0.317 e. The summed E-state index contributed by atoms with van der Waals surface area (Å²) in [5.41, 5.74) is 1.10. The molecule has 0 aliphatic carbocycles. The van der Waals surface area contributed by atoms with Gasteiger partial charge in [-0.15, -0.1) is 23.5 Å². The van der Waals surface area contributed by atoms with E-state index in [4.69, 9.17) is 0 Å². The van der Waals surface area contributed by atoms with Gasteiger partial charge in [0.1, 0.15) is 0 Å². The molecule has 3 rings (SSSR count). The van der Waals surface area contributed by atoms with Crippen molar-refractivity contribution < 1.29 is 4.79 Å². The summed E-state index contributed by atoms with van der Waals surface area (Å²) in [5.74, 6) is 1.88. The number of amides is 1. The number of nitrogens with one attached hydrogen (secondary N) is 1. The second kappa shape index (κ2) is 6.87. The molecule has 0 bridgehead atoms. The zero-order chi connectivity index (χ0) is 13.8. The quantitative estimate of drug-likeness (QED) is 0.930. The fourth-order valence-corrected chi connectivity index (χ4v) is 4.76. The summed E-state index contributed by atoms with van der Waals surface area (Å²) in [6, 6.07) is 8.24. The highest BCUT2D eigenvalue weighted by molar-refractivity contribution is 8.00. The van der Waals surface area contributed by atoms with E-state index in [0.29, 0.717) is 11.0 Å². The van der Waals surface area contributed by atoms with Gasteiger partial charge in [0.05, 0.1) is 11.4 Å². The molecule has 2 aliphatic rings. The molecule has 1 amide bonds. The van der Waals surface area contributed by atoms with Crippen LogP contribution in [-0.4, -0.2) is 42.3 Å². The van der Waals surface area contributed by atoms with Gasteiger partial charge in [0, 0.05) is 22.4 Å². The van der Waals surface area contributed by atoms with E-state index < -0.39 is 0 Å². The first-order valence-corrected chi connectivity index (χ1v) is 9.22. The lowest BCUT2D eigenvalue weighted by molar-refractivity contribution is -0.116. The Morgan fingerprint density at radius 1 is 1.35 bits per heavy atom. The molecule has 0 atom stereocenters. The summed E-state index contributed by atoms with van der Waals surface area (Å²) in [7, 11) is 0. The van der Waals surface area contributed by atoms with Gasteiger partial charge in [-0.3, -0.25) is 4.79 Å². The Kier molecular flexibility index (Phi) is 4.91. The Morgan fingerprint density at radius 3 is 3.00 bits per heavy atom. The number of fused-ring (bicyclic) bond motifs is 1. The molecule has 5 heteroatoms. The SMILES string of the molecule is O=C(CSC1CCNCC1)N1CCSc2ccccc21. The summed E-state index contributed by atoms with van der Waals surface area (Å²) in [6.45, 7) is 3.03. The first kappa shape index (κ1) is 14.3. The molecule has 108 valence electrons. The first-order chi connectivity index (χ1) is 9.84. The molecule has 0 aromatic heterocycles. The van der Waals surface area contributed by atoms with Crippen LogP contribution in [0.2, 0.25) is 0 Å². The molecule has 3 nitrogen and oxygen atoms in total. The van der Waals surface area contributed by atoms with Crippen molar-refractivity contribution in [2.75, 3.05) is 36.0 Å². The minimum Gasteiger partial charge on any atom is -0.317 e. The molecule has 1 N–H and O–H groups in total. The predicted octanol–water partition coefficient (Wildman–Crippen LogP) is 2.61. The molecule has 20 heavy (non-hydrogen) atoms. The van der Waals surface area contributed by atoms with Gasteiger partial charge in [-0.1, -0.05) is 12.1 Å². The van der Waals surface area contributed by atoms with E-state index in [9.17, 15) is 4.79 Å². The van der Waals surface area contributed by atoms with Crippen LogP contribution in [0.25, 0.3) is 0 Å². The van der Waals surface area contributed by atoms with E-state index in [1.54, 1.807) is 0 Å². The molecule has 0 radical (unpaired) electrons. The average Bonchev–Trinajstić information content (AvgIpc) is 2.53. The molecule has 2 aliphatic heterocycles. The van der Waals surface area contributed by atoms with Crippen molar-refractivity contribution in [2.45, 2.75) is 23.0 Å². The van der Waals surface area contributed by atoms with Gasteiger partial charge in [0.15, 0.2) is 0 Å². The molecular formula is C15H20N2OS2. The van der Waals surface area contributed by atoms with Gasteiger partial charge in [-0.05, 0) is 38.1 Å². The molecule has 0 saturated carbocycles. The van der Waals surface area contributed by atoms with Crippen LogP contribution in [0, 0.1) is 0 Å². The van der Waals surface area contributed by atoms with Crippen molar-refractivity contribution in [3.8, 4) is 0 Å². The summed E-state index contributed by atoms with van der Waals surface area (Å²) < 4.78 is 0. The highest BCUT2D eigenvalue weighted by Crippen LogP contribution is 2.34. The smallest absolute Gasteiger partial charge is 0.237 e. The standard InChI is InChI=1S/C15H20N2OS2/c18-15(11-20-12-5-7-16-8-6-12)17-9-10-19-14-4-2-1-3-13(14)17/h1-4,12,16H,5-11H2. The number of carbonyl (C=O) groups excluding carboxylic acids is 1. The maximum Gasteiger partial charge on any atom is 0.237 e. The van der Waals surface area contributed by atoms with Gasteiger partial charge >= 0.3 is 0 Å². The monoisotopic (exact) mass is 308 g/mol. The summed E-state index contributed by atoms with van der Waals surface area (Å²) in [4.78, 5) is 15.7. The van der Waals surface area contributed by atoms with Crippen molar-refractivity contribution in [1.29, 1.82) is 0 Å². The van der Waals surface area contributed by atoms with Crippen molar-refractivity contribution in [1.82, 2.24) is 5.32 Å². The van der Waals surface area contributed by atoms with Crippen molar-refractivity contribution in [3.63, 3.8) is 0 Å². The minimum absolute atomic E-state index is 0.265. The summed E-state index contributed by atoms with van der Waals surface area (Å²) in [6.07, 6.45) is 2.37. The van der Waals surface area contributed by atoms with E-state index >= 15 is 0 Å². The molecule has 1 aromatic carbocycles. The van der Waals surface area contributed by atoms with E-state index in [1.165, 1.54) is 17.7 Å². The topological polar surface area (TPSA) is 32.3 Å². The molecule has 1 aromatic rings. The van der Waals surface area contributed by atoms with Crippen LogP contribution in [0.3, 0.4) is 0 Å². The van der Waals surface area contributed by atoms with Crippen LogP contribution in [-0.2, 0) is 4.79 Å². The molecule has 1 fully saturated rings. The number of para-hydroxylation sites is 1. The minimum atomic E-state index is 0.265. The lowest BCUT2D eigenvalue weighted by atomic mass is 10.2. The van der Waals surface area contributed by atoms with Crippen molar-refractivity contribution in [2.24, 2.45) is 0 Å². The number of anilines is 1. The van der Waals surface area contributed by atoms with Crippen LogP contribution in [0.4, 0.5) is 5.69 Å². The Morgan fingerprint density at radius 2 is 2.15 bits per heavy atom. The highest BCUT2D eigenvalue weighted by atomic mass is 32.2. The van der Waals surface area contributed by atoms with Crippen LogP contribution in [0.1, 0.15) is 12.8 Å². The van der Waals surface area contributed by atoms with Crippen LogP contribution in [0.5, 0.6) is 0 Å². The van der Waals surface area contributed by atoms with Gasteiger partial charge in [-0.2, -0.15) is 0 Å².